The number of hydrogen-bond acceptors (Lipinski definition) is 3. The fraction of sp³-hybridized carbons (Fsp3) is 0.867. The topological polar surface area (TPSA) is 49.4 Å². The first-order valence-corrected chi connectivity index (χ1v) is 7.48. The van der Waals surface area contributed by atoms with E-state index in [1.54, 1.807) is 4.90 Å². The fourth-order valence-electron chi connectivity index (χ4n) is 4.26. The van der Waals surface area contributed by atoms with Crippen molar-refractivity contribution in [2.45, 2.75) is 52.5 Å². The number of carbonyl (C=O) groups excluding carboxylic acids is 2. The number of piperidine rings is 2. The highest BCUT2D eigenvalue weighted by Crippen LogP contribution is 2.60. The normalized spacial score (nSPS) is 38.9. The van der Waals surface area contributed by atoms with Gasteiger partial charge in [0.05, 0.1) is 5.41 Å². The third-order valence-corrected chi connectivity index (χ3v) is 6.13. The summed E-state index contributed by atoms with van der Waals surface area (Å²) >= 11 is 0. The van der Waals surface area contributed by atoms with Gasteiger partial charge in [-0.1, -0.05) is 20.8 Å². The highest BCUT2D eigenvalue weighted by molar-refractivity contribution is 6.04. The minimum Gasteiger partial charge on any atom is -0.317 e. The second-order valence-electron chi connectivity index (χ2n) is 7.14. The summed E-state index contributed by atoms with van der Waals surface area (Å²) in [5.41, 5.74) is -0.541. The van der Waals surface area contributed by atoms with E-state index in [9.17, 15) is 9.59 Å². The summed E-state index contributed by atoms with van der Waals surface area (Å²) in [6.07, 6.45) is 3.54. The number of nitrogens with one attached hydrogen (secondary N) is 1. The number of fused-ring (bicyclic) bond motifs is 2. The molecule has 1 saturated carbocycles. The molecule has 106 valence electrons. The van der Waals surface area contributed by atoms with Crippen molar-refractivity contribution in [3.8, 4) is 0 Å². The van der Waals surface area contributed by atoms with E-state index in [2.05, 4.69) is 26.1 Å². The van der Waals surface area contributed by atoms with Gasteiger partial charge in [-0.05, 0) is 44.2 Å². The van der Waals surface area contributed by atoms with Gasteiger partial charge in [0, 0.05) is 12.0 Å². The van der Waals surface area contributed by atoms with Gasteiger partial charge in [0.1, 0.15) is 0 Å². The average Bonchev–Trinajstić information content (AvgIpc) is 2.56. The van der Waals surface area contributed by atoms with Crippen molar-refractivity contribution in [3.63, 3.8) is 0 Å². The zero-order valence-corrected chi connectivity index (χ0v) is 12.2. The van der Waals surface area contributed by atoms with Gasteiger partial charge in [-0.3, -0.25) is 14.5 Å². The lowest BCUT2D eigenvalue weighted by Gasteiger charge is -2.50. The van der Waals surface area contributed by atoms with Gasteiger partial charge >= 0.3 is 0 Å². The molecule has 0 aromatic rings. The standard InChI is InChI=1S/C15H24N2O2/c1-14(2)11-4-7-15(14,3)13(19)17(12(11)18)10-5-8-16-9-6-10/h10-11,16H,4-9H2,1-3H3. The van der Waals surface area contributed by atoms with Crippen molar-refractivity contribution in [1.29, 1.82) is 0 Å². The van der Waals surface area contributed by atoms with Crippen LogP contribution in [-0.2, 0) is 9.59 Å². The van der Waals surface area contributed by atoms with Crippen LogP contribution in [0.2, 0.25) is 0 Å². The lowest BCUT2D eigenvalue weighted by Crippen LogP contribution is -2.62. The first-order valence-electron chi connectivity index (χ1n) is 7.48. The fourth-order valence-corrected chi connectivity index (χ4v) is 4.26. The molecular weight excluding hydrogens is 240 g/mol. The largest absolute Gasteiger partial charge is 0.317 e. The van der Waals surface area contributed by atoms with Gasteiger partial charge in [0.15, 0.2) is 0 Å². The summed E-state index contributed by atoms with van der Waals surface area (Å²) in [5.74, 6) is 0.213. The van der Waals surface area contributed by atoms with Crippen molar-refractivity contribution in [1.82, 2.24) is 10.2 Å². The highest BCUT2D eigenvalue weighted by atomic mass is 16.2. The third kappa shape index (κ3) is 1.55. The lowest BCUT2D eigenvalue weighted by atomic mass is 9.62. The maximum Gasteiger partial charge on any atom is 0.235 e. The van der Waals surface area contributed by atoms with Gasteiger partial charge in [0.2, 0.25) is 11.8 Å². The van der Waals surface area contributed by atoms with Crippen LogP contribution in [0.15, 0.2) is 0 Å². The highest BCUT2D eigenvalue weighted by Gasteiger charge is 2.65. The molecule has 3 rings (SSSR count). The maximum atomic E-state index is 12.9. The molecule has 1 aliphatic carbocycles. The number of nitrogens with zero attached hydrogens (tertiary/aromatic N) is 1. The lowest BCUT2D eigenvalue weighted by molar-refractivity contribution is -0.171. The van der Waals surface area contributed by atoms with E-state index < -0.39 is 0 Å². The number of amides is 2. The Bertz CT molecular complexity index is 426. The minimum absolute atomic E-state index is 0.0325. The van der Waals surface area contributed by atoms with E-state index in [0.29, 0.717) is 0 Å². The Hall–Kier alpha value is -0.900. The summed E-state index contributed by atoms with van der Waals surface area (Å²) in [6, 6.07) is 0.122. The molecule has 2 atom stereocenters. The van der Waals surface area contributed by atoms with E-state index in [1.165, 1.54) is 0 Å². The summed E-state index contributed by atoms with van der Waals surface area (Å²) in [4.78, 5) is 27.3. The summed E-state index contributed by atoms with van der Waals surface area (Å²) < 4.78 is 0. The Morgan fingerprint density at radius 1 is 1.11 bits per heavy atom. The molecule has 3 aliphatic rings. The van der Waals surface area contributed by atoms with Crippen molar-refractivity contribution in [3.05, 3.63) is 0 Å². The Kier molecular flexibility index (Phi) is 2.79. The molecule has 0 aromatic carbocycles. The van der Waals surface area contributed by atoms with Gasteiger partial charge in [0.25, 0.3) is 0 Å². The first-order chi connectivity index (χ1) is 8.89. The Balaban J connectivity index is 1.96. The van der Waals surface area contributed by atoms with Gasteiger partial charge in [-0.2, -0.15) is 0 Å². The molecule has 2 amide bonds. The summed E-state index contributed by atoms with van der Waals surface area (Å²) in [5, 5.41) is 3.30. The number of likely N-dealkylation sites (tertiary alicyclic amines) is 1. The molecule has 2 aliphatic heterocycles. The van der Waals surface area contributed by atoms with Crippen LogP contribution in [-0.4, -0.2) is 35.8 Å². The maximum absolute atomic E-state index is 12.9. The van der Waals surface area contributed by atoms with Crippen LogP contribution >= 0.6 is 0 Å². The van der Waals surface area contributed by atoms with Crippen LogP contribution in [0.3, 0.4) is 0 Å². The van der Waals surface area contributed by atoms with Crippen molar-refractivity contribution < 1.29 is 9.59 Å². The van der Waals surface area contributed by atoms with Crippen molar-refractivity contribution in [2.24, 2.45) is 16.7 Å². The first kappa shape index (κ1) is 13.1. The molecule has 3 fully saturated rings. The summed E-state index contributed by atoms with van der Waals surface area (Å²) in [7, 11) is 0. The van der Waals surface area contributed by atoms with Crippen molar-refractivity contribution >= 4 is 11.8 Å². The molecule has 2 heterocycles. The van der Waals surface area contributed by atoms with Crippen LogP contribution in [0.25, 0.3) is 0 Å². The molecule has 0 aromatic heterocycles. The monoisotopic (exact) mass is 264 g/mol. The molecular formula is C15H24N2O2. The third-order valence-electron chi connectivity index (χ3n) is 6.13. The molecule has 0 spiro atoms. The van der Waals surface area contributed by atoms with E-state index >= 15 is 0 Å². The second-order valence-corrected chi connectivity index (χ2v) is 7.14. The molecule has 4 nitrogen and oxygen atoms in total. The van der Waals surface area contributed by atoms with Crippen LogP contribution in [0, 0.1) is 16.7 Å². The molecule has 1 N–H and O–H groups in total. The zero-order chi connectivity index (χ0) is 13.8. The molecule has 19 heavy (non-hydrogen) atoms. The van der Waals surface area contributed by atoms with Gasteiger partial charge in [-0.25, -0.2) is 0 Å². The Morgan fingerprint density at radius 2 is 1.74 bits per heavy atom. The van der Waals surface area contributed by atoms with Crippen LogP contribution in [0.1, 0.15) is 46.5 Å². The van der Waals surface area contributed by atoms with Gasteiger partial charge < -0.3 is 5.32 Å². The zero-order valence-electron chi connectivity index (χ0n) is 12.2. The average molecular weight is 264 g/mol. The molecule has 2 bridgehead atoms. The Morgan fingerprint density at radius 3 is 2.37 bits per heavy atom. The quantitative estimate of drug-likeness (QED) is 0.731. The second kappa shape index (κ2) is 4.05. The van der Waals surface area contributed by atoms with E-state index in [1.807, 2.05) is 0 Å². The molecule has 0 radical (unpaired) electrons. The number of carbonyl (C=O) groups is 2. The number of hydrogen-bond donors (Lipinski definition) is 1. The molecule has 4 heteroatoms. The van der Waals surface area contributed by atoms with E-state index in [4.69, 9.17) is 0 Å². The SMILES string of the molecule is CC12CCC(C(=O)N(C3CCNCC3)C1=O)C2(C)C. The molecule has 2 saturated heterocycles. The molecule has 2 unspecified atom stereocenters. The predicted octanol–water partition coefficient (Wildman–Crippen LogP) is 1.55. The smallest absolute Gasteiger partial charge is 0.235 e. The van der Waals surface area contributed by atoms with E-state index in [0.717, 1.165) is 38.8 Å². The number of imide groups is 1. The number of rotatable bonds is 1. The Labute approximate surface area is 114 Å². The van der Waals surface area contributed by atoms with Crippen molar-refractivity contribution in [2.75, 3.05) is 13.1 Å². The van der Waals surface area contributed by atoms with E-state index in [-0.39, 0.29) is 34.6 Å². The van der Waals surface area contributed by atoms with Crippen LogP contribution in [0.4, 0.5) is 0 Å². The van der Waals surface area contributed by atoms with Crippen LogP contribution < -0.4 is 5.32 Å². The minimum atomic E-state index is -0.351. The van der Waals surface area contributed by atoms with Gasteiger partial charge in [-0.15, -0.1) is 0 Å². The summed E-state index contributed by atoms with van der Waals surface area (Å²) in [6.45, 7) is 8.08. The predicted molar refractivity (Wildman–Crippen MR) is 72.4 cm³/mol. The van der Waals surface area contributed by atoms with Crippen LogP contribution in [0.5, 0.6) is 0 Å².